The van der Waals surface area contributed by atoms with Gasteiger partial charge in [-0.05, 0) is 0 Å². The zero-order valence-corrected chi connectivity index (χ0v) is 6.34. The molecule has 0 amide bonds. The molecule has 0 aromatic carbocycles. The first-order valence-electron chi connectivity index (χ1n) is 3.17. The van der Waals surface area contributed by atoms with E-state index in [1.807, 2.05) is 0 Å². The van der Waals surface area contributed by atoms with Crippen LogP contribution in [0, 0.1) is 0 Å². The van der Waals surface area contributed by atoms with Crippen molar-refractivity contribution in [3.05, 3.63) is 10.7 Å². The maximum Gasteiger partial charge on any atom is 0.232 e. The fourth-order valence-corrected chi connectivity index (χ4v) is 1.27. The summed E-state index contributed by atoms with van der Waals surface area (Å²) in [6, 6.07) is 0. The van der Waals surface area contributed by atoms with Crippen LogP contribution in [0.25, 0.3) is 0 Å². The monoisotopic (exact) mass is 172 g/mol. The Labute approximate surface area is 67.7 Å². The van der Waals surface area contributed by atoms with Gasteiger partial charge in [-0.2, -0.15) is 5.10 Å². The summed E-state index contributed by atoms with van der Waals surface area (Å²) in [6.45, 7) is 1.25. The Morgan fingerprint density at radius 1 is 1.73 bits per heavy atom. The minimum absolute atomic E-state index is 0.251. The number of carbonyl (C=O) groups excluding carboxylic acids is 1. The van der Waals surface area contributed by atoms with E-state index < -0.39 is 0 Å². The van der Waals surface area contributed by atoms with Crippen LogP contribution in [0.15, 0.2) is 0 Å². The molecule has 0 unspecified atom stereocenters. The van der Waals surface area contributed by atoms with E-state index in [2.05, 4.69) is 5.10 Å². The number of aromatic nitrogens is 2. The van der Waals surface area contributed by atoms with E-state index in [1.54, 1.807) is 4.68 Å². The topological polar surface area (TPSA) is 44.1 Å². The van der Waals surface area contributed by atoms with Gasteiger partial charge < -0.3 is 4.74 Å². The van der Waals surface area contributed by atoms with E-state index in [0.717, 1.165) is 0 Å². The normalized spacial score (nSPS) is 14.3. The van der Waals surface area contributed by atoms with E-state index in [4.69, 9.17) is 16.3 Å². The lowest BCUT2D eigenvalue weighted by molar-refractivity contribution is 0.111. The number of aldehydes is 1. The molecule has 0 N–H and O–H groups in total. The number of hydrogen-bond donors (Lipinski definition) is 0. The van der Waals surface area contributed by atoms with Crippen molar-refractivity contribution in [1.82, 2.24) is 9.78 Å². The van der Waals surface area contributed by atoms with Gasteiger partial charge in [-0.25, -0.2) is 4.68 Å². The molecule has 11 heavy (non-hydrogen) atoms. The molecule has 1 aliphatic rings. The molecule has 2 heterocycles. The SMILES string of the molecule is O=Cc1nn2c(c1Cl)OCC2. The van der Waals surface area contributed by atoms with Crippen molar-refractivity contribution < 1.29 is 9.53 Å². The third-order valence-electron chi connectivity index (χ3n) is 1.53. The number of nitrogens with zero attached hydrogens (tertiary/aromatic N) is 2. The third kappa shape index (κ3) is 0.826. The van der Waals surface area contributed by atoms with E-state index in [-0.39, 0.29) is 5.69 Å². The maximum atomic E-state index is 10.3. The lowest BCUT2D eigenvalue weighted by atomic mass is 10.5. The zero-order valence-electron chi connectivity index (χ0n) is 5.58. The highest BCUT2D eigenvalue weighted by Crippen LogP contribution is 2.29. The Morgan fingerprint density at radius 3 is 3.18 bits per heavy atom. The van der Waals surface area contributed by atoms with Gasteiger partial charge in [0.05, 0.1) is 6.54 Å². The molecule has 0 bridgehead atoms. The Hall–Kier alpha value is -1.03. The number of hydrogen-bond acceptors (Lipinski definition) is 3. The molecule has 0 aliphatic carbocycles. The van der Waals surface area contributed by atoms with Crippen LogP contribution in [0.1, 0.15) is 10.5 Å². The lowest BCUT2D eigenvalue weighted by Gasteiger charge is -1.90. The van der Waals surface area contributed by atoms with Crippen LogP contribution >= 0.6 is 11.6 Å². The molecule has 0 spiro atoms. The molecule has 0 radical (unpaired) electrons. The van der Waals surface area contributed by atoms with Crippen molar-refractivity contribution in [2.45, 2.75) is 6.54 Å². The summed E-state index contributed by atoms with van der Waals surface area (Å²) in [5, 5.41) is 4.22. The molecule has 0 saturated heterocycles. The van der Waals surface area contributed by atoms with Crippen LogP contribution in [0.2, 0.25) is 5.02 Å². The van der Waals surface area contributed by atoms with E-state index >= 15 is 0 Å². The van der Waals surface area contributed by atoms with E-state index in [9.17, 15) is 4.79 Å². The van der Waals surface area contributed by atoms with E-state index in [0.29, 0.717) is 30.3 Å². The van der Waals surface area contributed by atoms with Gasteiger partial charge in [-0.15, -0.1) is 0 Å². The van der Waals surface area contributed by atoms with Crippen molar-refractivity contribution in [1.29, 1.82) is 0 Å². The summed E-state index contributed by atoms with van der Waals surface area (Å²) in [6.07, 6.45) is 0.622. The maximum absolute atomic E-state index is 10.3. The molecular weight excluding hydrogens is 168 g/mol. The zero-order chi connectivity index (χ0) is 7.84. The first kappa shape index (κ1) is 6.67. The number of halogens is 1. The Balaban J connectivity index is 2.57. The minimum atomic E-state index is 0.251. The van der Waals surface area contributed by atoms with E-state index in [1.165, 1.54) is 0 Å². The van der Waals surface area contributed by atoms with Crippen LogP contribution in [-0.2, 0) is 6.54 Å². The first-order valence-corrected chi connectivity index (χ1v) is 3.55. The highest BCUT2D eigenvalue weighted by molar-refractivity contribution is 6.34. The minimum Gasteiger partial charge on any atom is -0.475 e. The van der Waals surface area contributed by atoms with Crippen molar-refractivity contribution in [3.8, 4) is 5.88 Å². The molecule has 0 fully saturated rings. The molecule has 4 nitrogen and oxygen atoms in total. The summed E-state index contributed by atoms with van der Waals surface area (Å²) in [5.74, 6) is 0.508. The second-order valence-corrected chi connectivity index (χ2v) is 2.57. The predicted octanol–water partition coefficient (Wildman–Crippen LogP) is 0.741. The molecule has 0 saturated carbocycles. The molecule has 58 valence electrons. The fraction of sp³-hybridized carbons (Fsp3) is 0.333. The summed E-state index contributed by atoms with van der Waals surface area (Å²) in [4.78, 5) is 10.3. The highest BCUT2D eigenvalue weighted by Gasteiger charge is 2.21. The van der Waals surface area contributed by atoms with Gasteiger partial charge in [0.25, 0.3) is 0 Å². The Kier molecular flexibility index (Phi) is 1.35. The van der Waals surface area contributed by atoms with Crippen molar-refractivity contribution in [2.75, 3.05) is 6.61 Å². The van der Waals surface area contributed by atoms with Crippen molar-refractivity contribution in [2.24, 2.45) is 0 Å². The van der Waals surface area contributed by atoms with Gasteiger partial charge in [0.15, 0.2) is 6.29 Å². The fourth-order valence-electron chi connectivity index (χ4n) is 1.04. The summed E-state index contributed by atoms with van der Waals surface area (Å²) in [5.41, 5.74) is 0.251. The van der Waals surface area contributed by atoms with Crippen molar-refractivity contribution in [3.63, 3.8) is 0 Å². The summed E-state index contributed by atoms with van der Waals surface area (Å²) < 4.78 is 6.71. The molecule has 2 rings (SSSR count). The van der Waals surface area contributed by atoms with Crippen LogP contribution in [0.4, 0.5) is 0 Å². The standard InChI is InChI=1S/C6H5ClN2O2/c7-5-4(3-10)8-9-1-2-11-6(5)9/h3H,1-2H2. The number of fused-ring (bicyclic) bond motifs is 1. The van der Waals surface area contributed by atoms with Gasteiger partial charge in [-0.1, -0.05) is 11.6 Å². The average Bonchev–Trinajstić information content (AvgIpc) is 2.53. The summed E-state index contributed by atoms with van der Waals surface area (Å²) >= 11 is 5.73. The van der Waals surface area contributed by atoms with Gasteiger partial charge in [0.1, 0.15) is 17.3 Å². The van der Waals surface area contributed by atoms with Gasteiger partial charge in [0, 0.05) is 0 Å². The number of ether oxygens (including phenoxy) is 1. The third-order valence-corrected chi connectivity index (χ3v) is 1.88. The highest BCUT2D eigenvalue weighted by atomic mass is 35.5. The van der Waals surface area contributed by atoms with Crippen LogP contribution in [0.5, 0.6) is 5.88 Å². The van der Waals surface area contributed by atoms with Crippen LogP contribution < -0.4 is 4.74 Å². The van der Waals surface area contributed by atoms with Gasteiger partial charge in [0.2, 0.25) is 5.88 Å². The molecule has 1 aliphatic heterocycles. The molecule has 1 aromatic heterocycles. The second kappa shape index (κ2) is 2.23. The lowest BCUT2D eigenvalue weighted by Crippen LogP contribution is -1.97. The first-order chi connectivity index (χ1) is 5.33. The Morgan fingerprint density at radius 2 is 2.55 bits per heavy atom. The summed E-state index contributed by atoms with van der Waals surface area (Å²) in [7, 11) is 0. The second-order valence-electron chi connectivity index (χ2n) is 2.19. The average molecular weight is 173 g/mol. The number of rotatable bonds is 1. The molecule has 1 aromatic rings. The van der Waals surface area contributed by atoms with Gasteiger partial charge in [-0.3, -0.25) is 4.79 Å². The van der Waals surface area contributed by atoms with Crippen LogP contribution in [0.3, 0.4) is 0 Å². The quantitative estimate of drug-likeness (QED) is 0.587. The van der Waals surface area contributed by atoms with Gasteiger partial charge >= 0.3 is 0 Å². The number of carbonyl (C=O) groups is 1. The van der Waals surface area contributed by atoms with Crippen molar-refractivity contribution >= 4 is 17.9 Å². The largest absolute Gasteiger partial charge is 0.475 e. The molecule has 5 heteroatoms. The predicted molar refractivity (Wildman–Crippen MR) is 38.1 cm³/mol. The smallest absolute Gasteiger partial charge is 0.232 e. The molecular formula is C6H5ClN2O2. The molecule has 0 atom stereocenters. The Bertz CT molecular complexity index is 308. The van der Waals surface area contributed by atoms with Crippen LogP contribution in [-0.4, -0.2) is 22.7 Å².